The van der Waals surface area contributed by atoms with E-state index in [1.807, 2.05) is 24.3 Å². The number of carbonyl (C=O) groups excluding carboxylic acids is 1. The second kappa shape index (κ2) is 5.96. The van der Waals surface area contributed by atoms with E-state index in [0.717, 1.165) is 4.47 Å². The number of carbonyl (C=O) groups is 1. The molecule has 0 unspecified atom stereocenters. The Labute approximate surface area is 150 Å². The molecule has 0 bridgehead atoms. The molecule has 2 aliphatic heterocycles. The highest BCUT2D eigenvalue weighted by Gasteiger charge is 2.25. The molecule has 7 heteroatoms. The average Bonchev–Trinajstić information content (AvgIpc) is 3.14. The Kier molecular flexibility index (Phi) is 3.78. The van der Waals surface area contributed by atoms with Crippen LogP contribution in [-0.2, 0) is 9.53 Å². The third-order valence-electron chi connectivity index (χ3n) is 3.48. The van der Waals surface area contributed by atoms with Gasteiger partial charge < -0.3 is 14.2 Å². The topological polar surface area (TPSA) is 57.1 Å². The molecule has 0 aromatic heterocycles. The van der Waals surface area contributed by atoms with Gasteiger partial charge in [-0.05, 0) is 35.9 Å². The van der Waals surface area contributed by atoms with Gasteiger partial charge in [-0.3, -0.25) is 0 Å². The summed E-state index contributed by atoms with van der Waals surface area (Å²) in [5.41, 5.74) is 1.48. The van der Waals surface area contributed by atoms with Crippen molar-refractivity contribution in [3.05, 3.63) is 62.7 Å². The first-order valence-corrected chi connectivity index (χ1v) is 8.15. The number of benzene rings is 2. The molecule has 0 aliphatic carbocycles. The fraction of sp³-hybridized carbons (Fsp3) is 0.0588. The Morgan fingerprint density at radius 3 is 2.75 bits per heavy atom. The molecule has 24 heavy (non-hydrogen) atoms. The van der Waals surface area contributed by atoms with E-state index >= 15 is 0 Å². The van der Waals surface area contributed by atoms with Gasteiger partial charge in [0.15, 0.2) is 17.2 Å². The second-order valence-electron chi connectivity index (χ2n) is 5.07. The van der Waals surface area contributed by atoms with E-state index in [-0.39, 0.29) is 18.4 Å². The van der Waals surface area contributed by atoms with E-state index in [9.17, 15) is 4.79 Å². The Balaban J connectivity index is 1.71. The fourth-order valence-corrected chi connectivity index (χ4v) is 2.95. The van der Waals surface area contributed by atoms with Gasteiger partial charge in [0.2, 0.25) is 12.7 Å². The normalized spacial score (nSPS) is 17.2. The molecule has 2 aromatic rings. The predicted molar refractivity (Wildman–Crippen MR) is 92.3 cm³/mol. The van der Waals surface area contributed by atoms with Crippen molar-refractivity contribution >= 4 is 45.5 Å². The summed E-state index contributed by atoms with van der Waals surface area (Å²) in [4.78, 5) is 16.3. The summed E-state index contributed by atoms with van der Waals surface area (Å²) in [6, 6.07) is 10.7. The Bertz CT molecular complexity index is 923. The lowest BCUT2D eigenvalue weighted by molar-refractivity contribution is -0.129. The molecule has 0 fully saturated rings. The molecular formula is C17H9BrClNO4. The fourth-order valence-electron chi connectivity index (χ4n) is 2.34. The minimum atomic E-state index is -0.529. The standard InChI is InChI=1S/C17H9BrClNO4/c18-11-3-1-2-9(4-11)16-20-13(17(21)24-16)5-10-6-14-15(7-12(10)19)23-8-22-14/h1-7H,8H2. The zero-order chi connectivity index (χ0) is 16.7. The van der Waals surface area contributed by atoms with Crippen LogP contribution in [0.4, 0.5) is 0 Å². The van der Waals surface area contributed by atoms with Crippen LogP contribution in [0, 0.1) is 0 Å². The maximum Gasteiger partial charge on any atom is 0.363 e. The number of nitrogens with zero attached hydrogens (tertiary/aromatic N) is 1. The zero-order valence-corrected chi connectivity index (χ0v) is 14.4. The van der Waals surface area contributed by atoms with Gasteiger partial charge in [0.05, 0.1) is 5.02 Å². The number of ether oxygens (including phenoxy) is 3. The summed E-state index contributed by atoms with van der Waals surface area (Å²) in [5.74, 6) is 0.881. The van der Waals surface area contributed by atoms with Crippen LogP contribution in [0.5, 0.6) is 11.5 Å². The van der Waals surface area contributed by atoms with Crippen LogP contribution in [-0.4, -0.2) is 18.7 Å². The first kappa shape index (κ1) is 15.2. The summed E-state index contributed by atoms with van der Waals surface area (Å²) in [5, 5.41) is 0.436. The Morgan fingerprint density at radius 1 is 1.17 bits per heavy atom. The van der Waals surface area contributed by atoms with Crippen LogP contribution in [0.15, 0.2) is 51.6 Å². The molecule has 0 N–H and O–H groups in total. The van der Waals surface area contributed by atoms with Gasteiger partial charge in [0.25, 0.3) is 0 Å². The van der Waals surface area contributed by atoms with Crippen molar-refractivity contribution in [3.63, 3.8) is 0 Å². The summed E-state index contributed by atoms with van der Waals surface area (Å²) in [6.45, 7) is 0.152. The first-order valence-electron chi connectivity index (χ1n) is 6.98. The van der Waals surface area contributed by atoms with Gasteiger partial charge in [-0.25, -0.2) is 9.79 Å². The number of rotatable bonds is 2. The van der Waals surface area contributed by atoms with Gasteiger partial charge in [-0.1, -0.05) is 33.6 Å². The van der Waals surface area contributed by atoms with E-state index in [1.54, 1.807) is 18.2 Å². The molecule has 0 saturated carbocycles. The number of hydrogen-bond donors (Lipinski definition) is 0. The quantitative estimate of drug-likeness (QED) is 0.555. The lowest BCUT2D eigenvalue weighted by Gasteiger charge is -2.01. The van der Waals surface area contributed by atoms with Crippen LogP contribution in [0.3, 0.4) is 0 Å². The predicted octanol–water partition coefficient (Wildman–Crippen LogP) is 4.18. The highest BCUT2D eigenvalue weighted by molar-refractivity contribution is 9.10. The van der Waals surface area contributed by atoms with Crippen LogP contribution in [0.2, 0.25) is 5.02 Å². The van der Waals surface area contributed by atoms with E-state index in [4.69, 9.17) is 25.8 Å². The van der Waals surface area contributed by atoms with Crippen molar-refractivity contribution in [1.29, 1.82) is 0 Å². The summed E-state index contributed by atoms with van der Waals surface area (Å²) in [6.07, 6.45) is 1.57. The average molecular weight is 407 g/mol. The van der Waals surface area contributed by atoms with E-state index in [1.165, 1.54) is 0 Å². The van der Waals surface area contributed by atoms with Crippen LogP contribution in [0.1, 0.15) is 11.1 Å². The van der Waals surface area contributed by atoms with Gasteiger partial charge in [0.1, 0.15) is 0 Å². The zero-order valence-electron chi connectivity index (χ0n) is 12.1. The molecule has 0 amide bonds. The summed E-state index contributed by atoms with van der Waals surface area (Å²) in [7, 11) is 0. The Morgan fingerprint density at radius 2 is 1.96 bits per heavy atom. The number of esters is 1. The highest BCUT2D eigenvalue weighted by atomic mass is 79.9. The van der Waals surface area contributed by atoms with Crippen molar-refractivity contribution < 1.29 is 19.0 Å². The van der Waals surface area contributed by atoms with Crippen molar-refractivity contribution in [2.75, 3.05) is 6.79 Å². The van der Waals surface area contributed by atoms with E-state index < -0.39 is 5.97 Å². The SMILES string of the molecule is O=C1OC(c2cccc(Br)c2)=NC1=Cc1cc2c(cc1Cl)OCO2. The summed E-state index contributed by atoms with van der Waals surface area (Å²) < 4.78 is 16.7. The monoisotopic (exact) mass is 405 g/mol. The van der Waals surface area contributed by atoms with E-state index in [2.05, 4.69) is 20.9 Å². The lowest BCUT2D eigenvalue weighted by Crippen LogP contribution is -2.05. The molecule has 2 aliphatic rings. The van der Waals surface area contributed by atoms with Crippen molar-refractivity contribution in [2.45, 2.75) is 0 Å². The molecule has 5 nitrogen and oxygen atoms in total. The smallest absolute Gasteiger partial charge is 0.363 e. The van der Waals surface area contributed by atoms with Gasteiger partial charge in [0, 0.05) is 16.1 Å². The minimum Gasteiger partial charge on any atom is -0.454 e. The number of fused-ring (bicyclic) bond motifs is 1. The van der Waals surface area contributed by atoms with Crippen molar-refractivity contribution in [1.82, 2.24) is 0 Å². The van der Waals surface area contributed by atoms with Gasteiger partial charge in [-0.15, -0.1) is 0 Å². The summed E-state index contributed by atoms with van der Waals surface area (Å²) >= 11 is 9.60. The molecule has 0 spiro atoms. The molecular weight excluding hydrogens is 398 g/mol. The largest absolute Gasteiger partial charge is 0.454 e. The molecule has 2 aromatic carbocycles. The molecule has 4 rings (SSSR count). The third kappa shape index (κ3) is 2.79. The third-order valence-corrected chi connectivity index (χ3v) is 4.30. The molecule has 0 atom stereocenters. The van der Waals surface area contributed by atoms with E-state index in [0.29, 0.717) is 27.6 Å². The van der Waals surface area contributed by atoms with Crippen LogP contribution >= 0.6 is 27.5 Å². The number of hydrogen-bond acceptors (Lipinski definition) is 5. The van der Waals surface area contributed by atoms with Gasteiger partial charge >= 0.3 is 5.97 Å². The number of aliphatic imine (C=N–C) groups is 1. The lowest BCUT2D eigenvalue weighted by atomic mass is 10.1. The highest BCUT2D eigenvalue weighted by Crippen LogP contribution is 2.38. The maximum atomic E-state index is 12.1. The first-order chi connectivity index (χ1) is 11.6. The van der Waals surface area contributed by atoms with Crippen molar-refractivity contribution in [2.24, 2.45) is 4.99 Å². The Hall–Kier alpha value is -2.31. The molecule has 2 heterocycles. The molecule has 0 saturated heterocycles. The molecule has 0 radical (unpaired) electrons. The van der Waals surface area contributed by atoms with Gasteiger partial charge in [-0.2, -0.15) is 0 Å². The second-order valence-corrected chi connectivity index (χ2v) is 6.40. The maximum absolute atomic E-state index is 12.1. The minimum absolute atomic E-state index is 0.152. The van der Waals surface area contributed by atoms with Crippen LogP contribution in [0.25, 0.3) is 6.08 Å². The number of halogens is 2. The number of cyclic esters (lactones) is 1. The van der Waals surface area contributed by atoms with Crippen molar-refractivity contribution in [3.8, 4) is 11.5 Å². The van der Waals surface area contributed by atoms with Crippen LogP contribution < -0.4 is 9.47 Å². The molecule has 120 valence electrons.